The molecule has 0 aromatic heterocycles. The molecule has 1 saturated heterocycles. The van der Waals surface area contributed by atoms with Crippen LogP contribution in [0, 0.1) is 0 Å². The normalized spacial score (nSPS) is 17.5. The maximum Gasteiger partial charge on any atom is 0.224 e. The lowest BCUT2D eigenvalue weighted by atomic mass is 10.00. The molecule has 0 unspecified atom stereocenters. The molecule has 4 rings (SSSR count). The van der Waals surface area contributed by atoms with Crippen molar-refractivity contribution in [3.63, 3.8) is 0 Å². The quantitative estimate of drug-likeness (QED) is 0.749. The lowest BCUT2D eigenvalue weighted by molar-refractivity contribution is -0.132. The van der Waals surface area contributed by atoms with Crippen LogP contribution in [0.15, 0.2) is 42.5 Å². The molecule has 1 amide bonds. The number of fused-ring (bicyclic) bond motifs is 1. The van der Waals surface area contributed by atoms with Gasteiger partial charge in [0, 0.05) is 57.9 Å². The molecule has 2 aliphatic rings. The van der Waals surface area contributed by atoms with Crippen molar-refractivity contribution in [2.75, 3.05) is 44.2 Å². The number of carbonyl (C=O) groups is 1. The zero-order chi connectivity index (χ0) is 19.5. The fourth-order valence-corrected chi connectivity index (χ4v) is 4.32. The van der Waals surface area contributed by atoms with Crippen LogP contribution in [0.1, 0.15) is 17.5 Å². The molecule has 1 fully saturated rings. The first-order chi connectivity index (χ1) is 13.6. The van der Waals surface area contributed by atoms with Crippen LogP contribution in [0.25, 0.3) is 0 Å². The van der Waals surface area contributed by atoms with Crippen LogP contribution in [-0.4, -0.2) is 55.0 Å². The molecule has 28 heavy (non-hydrogen) atoms. The fourth-order valence-electron chi connectivity index (χ4n) is 4.03. The Morgan fingerprint density at radius 1 is 0.893 bits per heavy atom. The third-order valence-corrected chi connectivity index (χ3v) is 6.50. The van der Waals surface area contributed by atoms with E-state index in [4.69, 9.17) is 23.2 Å². The van der Waals surface area contributed by atoms with Crippen LogP contribution in [-0.2, 0) is 17.8 Å². The summed E-state index contributed by atoms with van der Waals surface area (Å²) in [7, 11) is 0. The average Bonchev–Trinajstić information content (AvgIpc) is 2.74. The number of hydrogen-bond donors (Lipinski definition) is 0. The maximum absolute atomic E-state index is 12.7. The van der Waals surface area contributed by atoms with Gasteiger partial charge in [0.05, 0.1) is 10.0 Å². The van der Waals surface area contributed by atoms with E-state index in [2.05, 4.69) is 34.1 Å². The van der Waals surface area contributed by atoms with Gasteiger partial charge in [0.1, 0.15) is 0 Å². The van der Waals surface area contributed by atoms with Crippen LogP contribution >= 0.6 is 23.2 Å². The van der Waals surface area contributed by atoms with Gasteiger partial charge in [-0.2, -0.15) is 0 Å². The Balaban J connectivity index is 1.24. The second-order valence-corrected chi connectivity index (χ2v) is 8.33. The SMILES string of the molecule is O=C(CCN1CCN(c2ccc(Cl)c(Cl)c2)CC1)N1CCc2ccccc2C1. The van der Waals surface area contributed by atoms with Crippen molar-refractivity contribution in [3.05, 3.63) is 63.6 Å². The first kappa shape index (κ1) is 19.6. The molecule has 4 nitrogen and oxygen atoms in total. The van der Waals surface area contributed by atoms with Crippen molar-refractivity contribution >= 4 is 34.8 Å². The van der Waals surface area contributed by atoms with Crippen LogP contribution in [0.5, 0.6) is 0 Å². The largest absolute Gasteiger partial charge is 0.369 e. The van der Waals surface area contributed by atoms with Crippen LogP contribution < -0.4 is 4.90 Å². The predicted octanol–water partition coefficient (Wildman–Crippen LogP) is 4.09. The zero-order valence-corrected chi connectivity index (χ0v) is 17.4. The summed E-state index contributed by atoms with van der Waals surface area (Å²) >= 11 is 12.2. The highest BCUT2D eigenvalue weighted by Crippen LogP contribution is 2.27. The summed E-state index contributed by atoms with van der Waals surface area (Å²) in [6.45, 7) is 6.19. The summed E-state index contributed by atoms with van der Waals surface area (Å²) in [5.74, 6) is 0.265. The van der Waals surface area contributed by atoms with Crippen LogP contribution in [0.2, 0.25) is 10.0 Å². The minimum atomic E-state index is 0.265. The molecular weight excluding hydrogens is 393 g/mol. The highest BCUT2D eigenvalue weighted by molar-refractivity contribution is 6.42. The minimum absolute atomic E-state index is 0.265. The molecule has 0 radical (unpaired) electrons. The smallest absolute Gasteiger partial charge is 0.224 e. The van der Waals surface area contributed by atoms with Crippen LogP contribution in [0.3, 0.4) is 0 Å². The third kappa shape index (κ3) is 4.45. The molecule has 0 saturated carbocycles. The number of anilines is 1. The summed E-state index contributed by atoms with van der Waals surface area (Å²) in [5.41, 5.74) is 3.78. The van der Waals surface area contributed by atoms with E-state index < -0.39 is 0 Å². The van der Waals surface area contributed by atoms with Crippen molar-refractivity contribution < 1.29 is 4.79 Å². The van der Waals surface area contributed by atoms with E-state index in [1.54, 1.807) is 0 Å². The Morgan fingerprint density at radius 3 is 2.39 bits per heavy atom. The van der Waals surface area contributed by atoms with Gasteiger partial charge in [-0.25, -0.2) is 0 Å². The zero-order valence-electron chi connectivity index (χ0n) is 15.9. The lowest BCUT2D eigenvalue weighted by Crippen LogP contribution is -2.47. The Kier molecular flexibility index (Phi) is 6.10. The number of benzene rings is 2. The van der Waals surface area contributed by atoms with Gasteiger partial charge in [-0.05, 0) is 35.7 Å². The number of nitrogens with zero attached hydrogens (tertiary/aromatic N) is 3. The number of hydrogen-bond acceptors (Lipinski definition) is 3. The Labute approximate surface area is 176 Å². The predicted molar refractivity (Wildman–Crippen MR) is 115 cm³/mol. The van der Waals surface area contributed by atoms with Crippen molar-refractivity contribution in [1.82, 2.24) is 9.80 Å². The van der Waals surface area contributed by atoms with E-state index in [1.807, 2.05) is 23.1 Å². The monoisotopic (exact) mass is 417 g/mol. The molecule has 0 aliphatic carbocycles. The number of amides is 1. The molecule has 0 N–H and O–H groups in total. The maximum atomic E-state index is 12.7. The summed E-state index contributed by atoms with van der Waals surface area (Å²) in [6, 6.07) is 14.2. The second kappa shape index (κ2) is 8.73. The van der Waals surface area contributed by atoms with Crippen molar-refractivity contribution in [3.8, 4) is 0 Å². The van der Waals surface area contributed by atoms with E-state index in [9.17, 15) is 4.79 Å². The molecule has 2 aromatic carbocycles. The summed E-state index contributed by atoms with van der Waals surface area (Å²) in [5, 5.41) is 1.18. The van der Waals surface area contributed by atoms with Crippen LogP contribution in [0.4, 0.5) is 5.69 Å². The number of carbonyl (C=O) groups excluding carboxylic acids is 1. The van der Waals surface area contributed by atoms with E-state index in [0.717, 1.165) is 57.9 Å². The molecule has 2 heterocycles. The van der Waals surface area contributed by atoms with Gasteiger partial charge >= 0.3 is 0 Å². The summed E-state index contributed by atoms with van der Waals surface area (Å²) in [4.78, 5) is 19.4. The van der Waals surface area contributed by atoms with Gasteiger partial charge in [-0.15, -0.1) is 0 Å². The standard InChI is InChI=1S/C22H25Cl2N3O/c23-20-6-5-19(15-21(20)24)26-13-11-25(12-14-26)9-8-22(28)27-10-7-17-3-1-2-4-18(17)16-27/h1-6,15H,7-14,16H2. The van der Waals surface area contributed by atoms with Crippen molar-refractivity contribution in [2.45, 2.75) is 19.4 Å². The number of piperazine rings is 1. The molecule has 6 heteroatoms. The molecular formula is C22H25Cl2N3O. The van der Waals surface area contributed by atoms with Crippen molar-refractivity contribution in [2.24, 2.45) is 0 Å². The van der Waals surface area contributed by atoms with Crippen molar-refractivity contribution in [1.29, 1.82) is 0 Å². The first-order valence-electron chi connectivity index (χ1n) is 9.87. The van der Waals surface area contributed by atoms with Gasteiger partial charge in [0.15, 0.2) is 0 Å². The van der Waals surface area contributed by atoms with Gasteiger partial charge in [-0.1, -0.05) is 47.5 Å². The summed E-state index contributed by atoms with van der Waals surface area (Å²) < 4.78 is 0. The Bertz CT molecular complexity index is 849. The Morgan fingerprint density at radius 2 is 1.64 bits per heavy atom. The highest BCUT2D eigenvalue weighted by Gasteiger charge is 2.22. The Hall–Kier alpha value is -1.75. The number of halogens is 2. The van der Waals surface area contributed by atoms with E-state index >= 15 is 0 Å². The number of rotatable bonds is 4. The minimum Gasteiger partial charge on any atom is -0.369 e. The van der Waals surface area contributed by atoms with E-state index in [0.29, 0.717) is 16.5 Å². The first-order valence-corrected chi connectivity index (χ1v) is 10.6. The fraction of sp³-hybridized carbons (Fsp3) is 0.409. The van der Waals surface area contributed by atoms with Gasteiger partial charge in [-0.3, -0.25) is 9.69 Å². The topological polar surface area (TPSA) is 26.8 Å². The lowest BCUT2D eigenvalue weighted by Gasteiger charge is -2.36. The highest BCUT2D eigenvalue weighted by atomic mass is 35.5. The molecule has 0 atom stereocenters. The molecule has 2 aromatic rings. The van der Waals surface area contributed by atoms with E-state index in [-0.39, 0.29) is 5.91 Å². The summed E-state index contributed by atoms with van der Waals surface area (Å²) in [6.07, 6.45) is 1.55. The van der Waals surface area contributed by atoms with Gasteiger partial charge in [0.2, 0.25) is 5.91 Å². The van der Waals surface area contributed by atoms with E-state index in [1.165, 1.54) is 11.1 Å². The second-order valence-electron chi connectivity index (χ2n) is 7.51. The molecule has 2 aliphatic heterocycles. The molecule has 0 spiro atoms. The molecule has 0 bridgehead atoms. The average molecular weight is 418 g/mol. The third-order valence-electron chi connectivity index (χ3n) is 5.77. The van der Waals surface area contributed by atoms with Gasteiger partial charge < -0.3 is 9.80 Å². The van der Waals surface area contributed by atoms with Gasteiger partial charge in [0.25, 0.3) is 0 Å². The molecule has 148 valence electrons.